The Morgan fingerprint density at radius 3 is 2.53 bits per heavy atom. The van der Waals surface area contributed by atoms with Gasteiger partial charge in [-0.25, -0.2) is 14.8 Å². The Hall–Kier alpha value is -3.87. The predicted octanol–water partition coefficient (Wildman–Crippen LogP) is 3.96. The van der Waals surface area contributed by atoms with Crippen LogP contribution in [-0.2, 0) is 5.54 Å². The average molecular weight is 403 g/mol. The summed E-state index contributed by atoms with van der Waals surface area (Å²) in [6.45, 7) is 9.72. The van der Waals surface area contributed by atoms with Crippen LogP contribution in [-0.4, -0.2) is 26.8 Å². The minimum atomic E-state index is -0.995. The number of carbonyl (C=O) groups is 1. The van der Waals surface area contributed by atoms with Gasteiger partial charge in [0, 0.05) is 29.1 Å². The van der Waals surface area contributed by atoms with Crippen molar-refractivity contribution in [2.24, 2.45) is 16.5 Å². The summed E-state index contributed by atoms with van der Waals surface area (Å²) in [7, 11) is 0. The van der Waals surface area contributed by atoms with E-state index in [0.717, 1.165) is 16.6 Å². The maximum absolute atomic E-state index is 11.8. The standard InChI is InChI=1S/C23H25N5O2/c1-14(25)26-13-16(12-24)15-9-10-20-19(11-15)27-21(28(20)23(2,3)4)17-7-5-6-8-18(17)22(29)30/h5-13H,1,24-25H2,2-4H3,(H,29,30)/b16-12+,26-13?. The second-order valence-electron chi connectivity index (χ2n) is 7.87. The van der Waals surface area contributed by atoms with Crippen LogP contribution < -0.4 is 11.5 Å². The predicted molar refractivity (Wildman–Crippen MR) is 121 cm³/mol. The van der Waals surface area contributed by atoms with Crippen molar-refractivity contribution in [3.8, 4) is 11.4 Å². The van der Waals surface area contributed by atoms with Crippen LogP contribution in [0.1, 0.15) is 36.7 Å². The van der Waals surface area contributed by atoms with Crippen LogP contribution in [0.2, 0.25) is 0 Å². The molecule has 0 aliphatic heterocycles. The first kappa shape index (κ1) is 20.9. The van der Waals surface area contributed by atoms with Crippen LogP contribution in [0.3, 0.4) is 0 Å². The van der Waals surface area contributed by atoms with Crippen molar-refractivity contribution < 1.29 is 9.90 Å². The molecule has 2 aromatic carbocycles. The van der Waals surface area contributed by atoms with E-state index in [2.05, 4.69) is 36.9 Å². The summed E-state index contributed by atoms with van der Waals surface area (Å²) in [6.07, 6.45) is 2.99. The summed E-state index contributed by atoms with van der Waals surface area (Å²) in [5.41, 5.74) is 14.8. The van der Waals surface area contributed by atoms with E-state index in [9.17, 15) is 9.90 Å². The molecule has 154 valence electrons. The van der Waals surface area contributed by atoms with Gasteiger partial charge in [0.05, 0.1) is 16.6 Å². The maximum atomic E-state index is 11.8. The van der Waals surface area contributed by atoms with Crippen molar-refractivity contribution in [1.29, 1.82) is 0 Å². The van der Waals surface area contributed by atoms with E-state index < -0.39 is 5.97 Å². The molecule has 0 saturated heterocycles. The lowest BCUT2D eigenvalue weighted by atomic mass is 10.0. The highest BCUT2D eigenvalue weighted by molar-refractivity contribution is 6.10. The van der Waals surface area contributed by atoms with Crippen LogP contribution in [0.5, 0.6) is 0 Å². The molecule has 0 atom stereocenters. The van der Waals surface area contributed by atoms with Gasteiger partial charge in [-0.2, -0.15) is 0 Å². The number of aromatic carboxylic acids is 1. The van der Waals surface area contributed by atoms with E-state index in [-0.39, 0.29) is 16.9 Å². The summed E-state index contributed by atoms with van der Waals surface area (Å²) in [4.78, 5) is 20.6. The van der Waals surface area contributed by atoms with Crippen LogP contribution in [0.4, 0.5) is 0 Å². The normalized spacial score (nSPS) is 12.6. The molecule has 0 fully saturated rings. The number of hydrogen-bond donors (Lipinski definition) is 3. The zero-order chi connectivity index (χ0) is 22.1. The molecule has 7 heteroatoms. The Morgan fingerprint density at radius 1 is 1.23 bits per heavy atom. The van der Waals surface area contributed by atoms with Crippen molar-refractivity contribution in [2.75, 3.05) is 0 Å². The molecule has 1 aromatic heterocycles. The summed E-state index contributed by atoms with van der Waals surface area (Å²) >= 11 is 0. The number of aromatic nitrogens is 2. The molecule has 0 spiro atoms. The molecule has 0 aliphatic carbocycles. The second kappa shape index (κ2) is 7.87. The third-order valence-corrected chi connectivity index (χ3v) is 4.61. The molecular formula is C23H25N5O2. The third kappa shape index (κ3) is 3.96. The first-order valence-corrected chi connectivity index (χ1v) is 9.40. The molecule has 30 heavy (non-hydrogen) atoms. The lowest BCUT2D eigenvalue weighted by molar-refractivity contribution is 0.0697. The van der Waals surface area contributed by atoms with Crippen molar-refractivity contribution in [3.63, 3.8) is 0 Å². The molecule has 5 N–H and O–H groups in total. The maximum Gasteiger partial charge on any atom is 0.336 e. The SMILES string of the molecule is C=C(N)N=C/C(=C\N)c1ccc2c(c1)nc(-c1ccccc1C(=O)O)n2C(C)(C)C. The molecule has 0 amide bonds. The summed E-state index contributed by atoms with van der Waals surface area (Å²) in [5, 5.41) is 9.66. The fourth-order valence-corrected chi connectivity index (χ4v) is 3.35. The highest BCUT2D eigenvalue weighted by Gasteiger charge is 2.25. The van der Waals surface area contributed by atoms with Gasteiger partial charge < -0.3 is 21.1 Å². The lowest BCUT2D eigenvalue weighted by Crippen LogP contribution is -2.23. The number of hydrogen-bond acceptors (Lipinski definition) is 5. The van der Waals surface area contributed by atoms with Crippen LogP contribution in [0.15, 0.2) is 66.1 Å². The monoisotopic (exact) mass is 403 g/mol. The number of carboxylic acid groups (broad SMARTS) is 1. The number of fused-ring (bicyclic) bond motifs is 1. The van der Waals surface area contributed by atoms with Crippen LogP contribution in [0, 0.1) is 0 Å². The highest BCUT2D eigenvalue weighted by Crippen LogP contribution is 2.34. The Bertz CT molecular complexity index is 1200. The van der Waals surface area contributed by atoms with Gasteiger partial charge in [0.2, 0.25) is 0 Å². The smallest absolute Gasteiger partial charge is 0.336 e. The summed E-state index contributed by atoms with van der Waals surface area (Å²) in [6, 6.07) is 12.6. The summed E-state index contributed by atoms with van der Waals surface area (Å²) in [5.74, 6) is -0.222. The van der Waals surface area contributed by atoms with E-state index >= 15 is 0 Å². The Kier molecular flexibility index (Phi) is 5.47. The fraction of sp³-hybridized carbons (Fsp3) is 0.174. The molecular weight excluding hydrogens is 378 g/mol. The minimum absolute atomic E-state index is 0.181. The van der Waals surface area contributed by atoms with Crippen molar-refractivity contribution in [2.45, 2.75) is 26.3 Å². The Morgan fingerprint density at radius 2 is 1.93 bits per heavy atom. The molecule has 0 aliphatic rings. The third-order valence-electron chi connectivity index (χ3n) is 4.61. The largest absolute Gasteiger partial charge is 0.478 e. The average Bonchev–Trinajstić information content (AvgIpc) is 3.07. The number of benzene rings is 2. The van der Waals surface area contributed by atoms with Gasteiger partial charge in [-0.3, -0.25) is 0 Å². The molecule has 0 unspecified atom stereocenters. The molecule has 0 saturated carbocycles. The van der Waals surface area contributed by atoms with E-state index in [0.29, 0.717) is 17.0 Å². The second-order valence-corrected chi connectivity index (χ2v) is 7.87. The molecule has 0 bridgehead atoms. The highest BCUT2D eigenvalue weighted by atomic mass is 16.4. The van der Waals surface area contributed by atoms with Crippen LogP contribution >= 0.6 is 0 Å². The first-order chi connectivity index (χ1) is 14.1. The molecule has 3 rings (SSSR count). The fourth-order valence-electron chi connectivity index (χ4n) is 3.35. The summed E-state index contributed by atoms with van der Waals surface area (Å²) < 4.78 is 2.05. The number of aliphatic imine (C=N–C) groups is 1. The van der Waals surface area contributed by atoms with E-state index in [1.165, 1.54) is 6.20 Å². The quantitative estimate of drug-likeness (QED) is 0.557. The lowest BCUT2D eigenvalue weighted by Gasteiger charge is -2.25. The van der Waals surface area contributed by atoms with Crippen LogP contribution in [0.25, 0.3) is 28.0 Å². The molecule has 3 aromatic rings. The van der Waals surface area contributed by atoms with Gasteiger partial charge in [-0.05, 0) is 44.5 Å². The van der Waals surface area contributed by atoms with Crippen molar-refractivity contribution in [3.05, 3.63) is 72.2 Å². The molecule has 7 nitrogen and oxygen atoms in total. The van der Waals surface area contributed by atoms with E-state index in [1.54, 1.807) is 24.4 Å². The van der Waals surface area contributed by atoms with Gasteiger partial charge in [-0.15, -0.1) is 0 Å². The number of rotatable bonds is 5. The first-order valence-electron chi connectivity index (χ1n) is 9.40. The minimum Gasteiger partial charge on any atom is -0.478 e. The van der Waals surface area contributed by atoms with Crippen molar-refractivity contribution in [1.82, 2.24) is 9.55 Å². The van der Waals surface area contributed by atoms with Gasteiger partial charge in [-0.1, -0.05) is 30.8 Å². The number of imidazole rings is 1. The number of carboxylic acids is 1. The van der Waals surface area contributed by atoms with Gasteiger partial charge in [0.25, 0.3) is 0 Å². The van der Waals surface area contributed by atoms with E-state index in [1.807, 2.05) is 24.3 Å². The van der Waals surface area contributed by atoms with Crippen molar-refractivity contribution >= 4 is 28.8 Å². The molecule has 1 heterocycles. The Balaban J connectivity index is 2.28. The topological polar surface area (TPSA) is 120 Å². The van der Waals surface area contributed by atoms with Gasteiger partial charge in [0.1, 0.15) is 11.6 Å². The number of nitrogens with two attached hydrogens (primary N) is 2. The number of allylic oxidation sites excluding steroid dienone is 1. The zero-order valence-electron chi connectivity index (χ0n) is 17.3. The Labute approximate surface area is 175 Å². The number of nitrogens with zero attached hydrogens (tertiary/aromatic N) is 3. The van der Waals surface area contributed by atoms with Gasteiger partial charge >= 0.3 is 5.97 Å². The van der Waals surface area contributed by atoms with Gasteiger partial charge in [0.15, 0.2) is 0 Å². The zero-order valence-corrected chi connectivity index (χ0v) is 17.3. The van der Waals surface area contributed by atoms with E-state index in [4.69, 9.17) is 16.5 Å². The molecule has 0 radical (unpaired) electrons.